The highest BCUT2D eigenvalue weighted by molar-refractivity contribution is 5.43. The van der Waals surface area contributed by atoms with E-state index in [0.29, 0.717) is 11.7 Å². The summed E-state index contributed by atoms with van der Waals surface area (Å²) in [5, 5.41) is 9.69. The largest absolute Gasteiger partial charge is 0.511 e. The SMILES string of the molecule is CC1=C(O)[C@H]2C=CCC(C)C2=C1. The second-order valence-electron chi connectivity index (χ2n) is 3.76. The molecule has 0 spiro atoms. The van der Waals surface area contributed by atoms with Crippen LogP contribution in [0.1, 0.15) is 20.3 Å². The fraction of sp³-hybridized carbons (Fsp3) is 0.455. The van der Waals surface area contributed by atoms with E-state index < -0.39 is 0 Å². The first-order valence-electron chi connectivity index (χ1n) is 4.48. The number of aliphatic hydroxyl groups excluding tert-OH is 1. The molecular formula is C11H14O. The van der Waals surface area contributed by atoms with Crippen molar-refractivity contribution in [1.82, 2.24) is 0 Å². The van der Waals surface area contributed by atoms with Gasteiger partial charge in [-0.1, -0.05) is 30.7 Å². The first-order chi connectivity index (χ1) is 5.70. The molecule has 0 heterocycles. The van der Waals surface area contributed by atoms with Crippen LogP contribution in [0.25, 0.3) is 0 Å². The molecule has 2 aliphatic rings. The third kappa shape index (κ3) is 0.927. The maximum Gasteiger partial charge on any atom is 0.106 e. The number of fused-ring (bicyclic) bond motifs is 1. The van der Waals surface area contributed by atoms with E-state index in [9.17, 15) is 5.11 Å². The Morgan fingerprint density at radius 2 is 2.25 bits per heavy atom. The topological polar surface area (TPSA) is 20.2 Å². The fourth-order valence-electron chi connectivity index (χ4n) is 2.02. The molecule has 0 amide bonds. The molecule has 0 radical (unpaired) electrons. The van der Waals surface area contributed by atoms with E-state index in [1.807, 2.05) is 6.92 Å². The van der Waals surface area contributed by atoms with Crippen LogP contribution in [0.4, 0.5) is 0 Å². The number of allylic oxidation sites excluding steroid dienone is 4. The Kier molecular flexibility index (Phi) is 1.60. The molecule has 0 fully saturated rings. The lowest BCUT2D eigenvalue weighted by atomic mass is 9.84. The smallest absolute Gasteiger partial charge is 0.106 e. The number of hydrogen-bond donors (Lipinski definition) is 1. The van der Waals surface area contributed by atoms with Crippen molar-refractivity contribution in [2.24, 2.45) is 11.8 Å². The van der Waals surface area contributed by atoms with Gasteiger partial charge >= 0.3 is 0 Å². The molecule has 0 aromatic heterocycles. The zero-order valence-electron chi connectivity index (χ0n) is 7.54. The lowest BCUT2D eigenvalue weighted by Crippen LogP contribution is -2.11. The average Bonchev–Trinajstić information content (AvgIpc) is 2.32. The molecule has 2 aliphatic carbocycles. The van der Waals surface area contributed by atoms with E-state index in [2.05, 4.69) is 25.2 Å². The van der Waals surface area contributed by atoms with Crippen LogP contribution in [0, 0.1) is 11.8 Å². The fourth-order valence-corrected chi connectivity index (χ4v) is 2.02. The highest BCUT2D eigenvalue weighted by Gasteiger charge is 2.28. The predicted octanol–water partition coefficient (Wildman–Crippen LogP) is 2.97. The predicted molar refractivity (Wildman–Crippen MR) is 49.8 cm³/mol. The van der Waals surface area contributed by atoms with Crippen molar-refractivity contribution in [3.63, 3.8) is 0 Å². The number of hydrogen-bond acceptors (Lipinski definition) is 1. The summed E-state index contributed by atoms with van der Waals surface area (Å²) >= 11 is 0. The van der Waals surface area contributed by atoms with E-state index in [1.54, 1.807) is 0 Å². The van der Waals surface area contributed by atoms with Crippen LogP contribution in [0.5, 0.6) is 0 Å². The first kappa shape index (κ1) is 7.66. The van der Waals surface area contributed by atoms with E-state index in [0.717, 1.165) is 12.0 Å². The van der Waals surface area contributed by atoms with Gasteiger partial charge in [-0.3, -0.25) is 0 Å². The van der Waals surface area contributed by atoms with Crippen molar-refractivity contribution >= 4 is 0 Å². The maximum absolute atomic E-state index is 9.69. The summed E-state index contributed by atoms with van der Waals surface area (Å²) in [6.07, 6.45) is 7.52. The zero-order chi connectivity index (χ0) is 8.72. The Hall–Kier alpha value is -0.980. The Labute approximate surface area is 73.1 Å². The molecular weight excluding hydrogens is 148 g/mol. The van der Waals surface area contributed by atoms with Crippen molar-refractivity contribution in [1.29, 1.82) is 0 Å². The quantitative estimate of drug-likeness (QED) is 0.543. The summed E-state index contributed by atoms with van der Waals surface area (Å²) in [4.78, 5) is 0. The number of rotatable bonds is 0. The second-order valence-corrected chi connectivity index (χ2v) is 3.76. The first-order valence-corrected chi connectivity index (χ1v) is 4.48. The zero-order valence-corrected chi connectivity index (χ0v) is 7.54. The lowest BCUT2D eigenvalue weighted by Gasteiger charge is -2.21. The van der Waals surface area contributed by atoms with Crippen LogP contribution in [-0.2, 0) is 0 Å². The van der Waals surface area contributed by atoms with Gasteiger partial charge in [0.15, 0.2) is 0 Å². The standard InChI is InChI=1S/C11H14O/c1-7-4-3-5-9-10(7)6-8(2)11(9)12/h3,5-7,9,12H,4H2,1-2H3/t7?,9-/m0/s1. The Morgan fingerprint density at radius 3 is 2.92 bits per heavy atom. The summed E-state index contributed by atoms with van der Waals surface area (Å²) in [5.41, 5.74) is 2.42. The van der Waals surface area contributed by atoms with E-state index in [1.165, 1.54) is 5.57 Å². The molecule has 0 aromatic carbocycles. The summed E-state index contributed by atoms with van der Waals surface area (Å²) in [5.74, 6) is 1.35. The Balaban J connectivity index is 2.40. The highest BCUT2D eigenvalue weighted by Crippen LogP contribution is 2.39. The lowest BCUT2D eigenvalue weighted by molar-refractivity contribution is 0.362. The van der Waals surface area contributed by atoms with E-state index in [-0.39, 0.29) is 5.92 Å². The summed E-state index contributed by atoms with van der Waals surface area (Å²) < 4.78 is 0. The van der Waals surface area contributed by atoms with E-state index in [4.69, 9.17) is 0 Å². The van der Waals surface area contributed by atoms with Crippen molar-refractivity contribution in [3.05, 3.63) is 35.1 Å². The highest BCUT2D eigenvalue weighted by atomic mass is 16.3. The Morgan fingerprint density at radius 1 is 1.50 bits per heavy atom. The monoisotopic (exact) mass is 162 g/mol. The molecule has 1 N–H and O–H groups in total. The minimum atomic E-state index is 0.203. The van der Waals surface area contributed by atoms with Gasteiger partial charge in [0.25, 0.3) is 0 Å². The van der Waals surface area contributed by atoms with Crippen LogP contribution in [0.3, 0.4) is 0 Å². The molecule has 1 nitrogen and oxygen atoms in total. The summed E-state index contributed by atoms with van der Waals surface area (Å²) in [6.45, 7) is 4.19. The van der Waals surface area contributed by atoms with Crippen LogP contribution >= 0.6 is 0 Å². The average molecular weight is 162 g/mol. The van der Waals surface area contributed by atoms with E-state index >= 15 is 0 Å². The minimum absolute atomic E-state index is 0.203. The van der Waals surface area contributed by atoms with Crippen molar-refractivity contribution in [2.75, 3.05) is 0 Å². The molecule has 0 saturated heterocycles. The molecule has 0 aliphatic heterocycles. The third-order valence-electron chi connectivity index (χ3n) is 2.83. The van der Waals surface area contributed by atoms with Crippen molar-refractivity contribution < 1.29 is 5.11 Å². The van der Waals surface area contributed by atoms with Gasteiger partial charge < -0.3 is 5.11 Å². The molecule has 2 rings (SSSR count). The molecule has 64 valence electrons. The minimum Gasteiger partial charge on any atom is -0.511 e. The van der Waals surface area contributed by atoms with Gasteiger partial charge in [-0.05, 0) is 24.8 Å². The third-order valence-corrected chi connectivity index (χ3v) is 2.83. The van der Waals surface area contributed by atoms with Gasteiger partial charge in [-0.25, -0.2) is 0 Å². The van der Waals surface area contributed by atoms with Crippen molar-refractivity contribution in [3.8, 4) is 0 Å². The summed E-state index contributed by atoms with van der Waals surface area (Å²) in [7, 11) is 0. The molecule has 0 saturated carbocycles. The molecule has 0 aromatic rings. The molecule has 0 bridgehead atoms. The molecule has 12 heavy (non-hydrogen) atoms. The van der Waals surface area contributed by atoms with Gasteiger partial charge in [0.05, 0.1) is 5.92 Å². The van der Waals surface area contributed by atoms with Crippen LogP contribution < -0.4 is 0 Å². The van der Waals surface area contributed by atoms with Gasteiger partial charge in [0.2, 0.25) is 0 Å². The van der Waals surface area contributed by atoms with Gasteiger partial charge in [-0.2, -0.15) is 0 Å². The maximum atomic E-state index is 9.69. The normalized spacial score (nSPS) is 33.7. The van der Waals surface area contributed by atoms with Crippen LogP contribution in [-0.4, -0.2) is 5.11 Å². The van der Waals surface area contributed by atoms with Gasteiger partial charge in [0.1, 0.15) is 5.76 Å². The number of aliphatic hydroxyl groups is 1. The second kappa shape index (κ2) is 2.51. The van der Waals surface area contributed by atoms with Gasteiger partial charge in [-0.15, -0.1) is 0 Å². The molecule has 2 atom stereocenters. The van der Waals surface area contributed by atoms with Crippen molar-refractivity contribution in [2.45, 2.75) is 20.3 Å². The van der Waals surface area contributed by atoms with Gasteiger partial charge in [0, 0.05) is 0 Å². The molecule has 1 heteroatoms. The van der Waals surface area contributed by atoms with Crippen LogP contribution in [0.2, 0.25) is 0 Å². The van der Waals surface area contributed by atoms with Crippen LogP contribution in [0.15, 0.2) is 35.1 Å². The summed E-state index contributed by atoms with van der Waals surface area (Å²) in [6, 6.07) is 0. The Bertz CT molecular complexity index is 294. The molecule has 1 unspecified atom stereocenters.